The molecule has 4 rings (SSSR count). The smallest absolute Gasteiger partial charge is 0.276 e. The van der Waals surface area contributed by atoms with Crippen LogP contribution < -0.4 is 0 Å². The molecule has 27 heavy (non-hydrogen) atoms. The van der Waals surface area contributed by atoms with Crippen molar-refractivity contribution < 1.29 is 13.7 Å². The molecule has 7 heteroatoms. The fourth-order valence-electron chi connectivity index (χ4n) is 3.16. The summed E-state index contributed by atoms with van der Waals surface area (Å²) in [7, 11) is 0. The highest BCUT2D eigenvalue weighted by Crippen LogP contribution is 2.24. The number of rotatable bonds is 4. The van der Waals surface area contributed by atoms with Crippen LogP contribution in [-0.2, 0) is 6.54 Å². The Balaban J connectivity index is 1.38. The van der Waals surface area contributed by atoms with Crippen molar-refractivity contribution in [2.24, 2.45) is 0 Å². The van der Waals surface area contributed by atoms with E-state index in [-0.39, 0.29) is 17.4 Å². The fourth-order valence-corrected chi connectivity index (χ4v) is 3.16. The zero-order chi connectivity index (χ0) is 18.6. The van der Waals surface area contributed by atoms with Crippen molar-refractivity contribution in [3.8, 4) is 11.3 Å². The normalized spacial score (nSPS) is 15.1. The van der Waals surface area contributed by atoms with Crippen molar-refractivity contribution in [1.29, 1.82) is 0 Å². The highest BCUT2D eigenvalue weighted by Gasteiger charge is 2.25. The van der Waals surface area contributed by atoms with Gasteiger partial charge in [-0.2, -0.15) is 0 Å². The molecule has 0 N–H and O–H groups in total. The molecule has 6 nitrogen and oxygen atoms in total. The Bertz CT molecular complexity index is 920. The van der Waals surface area contributed by atoms with Gasteiger partial charge in [0.15, 0.2) is 11.5 Å². The lowest BCUT2D eigenvalue weighted by molar-refractivity contribution is 0.0617. The van der Waals surface area contributed by atoms with Crippen molar-refractivity contribution in [3.05, 3.63) is 71.9 Å². The van der Waals surface area contributed by atoms with E-state index in [1.165, 1.54) is 12.1 Å². The van der Waals surface area contributed by atoms with Gasteiger partial charge in [0, 0.05) is 45.0 Å². The maximum absolute atomic E-state index is 13.9. The molecule has 0 bridgehead atoms. The summed E-state index contributed by atoms with van der Waals surface area (Å²) in [6.45, 7) is 3.51. The number of pyridine rings is 1. The molecule has 2 aromatic heterocycles. The van der Waals surface area contributed by atoms with E-state index in [2.05, 4.69) is 15.0 Å². The molecule has 1 fully saturated rings. The van der Waals surface area contributed by atoms with Gasteiger partial charge in [-0.1, -0.05) is 23.4 Å². The molecule has 0 aliphatic carbocycles. The third kappa shape index (κ3) is 3.88. The number of nitrogens with zero attached hydrogens (tertiary/aromatic N) is 4. The number of benzene rings is 1. The molecule has 0 radical (unpaired) electrons. The predicted octanol–water partition coefficient (Wildman–Crippen LogP) is 2.83. The Labute approximate surface area is 156 Å². The van der Waals surface area contributed by atoms with E-state index >= 15 is 0 Å². The monoisotopic (exact) mass is 366 g/mol. The summed E-state index contributed by atoms with van der Waals surface area (Å²) in [5.74, 6) is -0.347. The summed E-state index contributed by atoms with van der Waals surface area (Å²) in [4.78, 5) is 21.0. The lowest BCUT2D eigenvalue weighted by Gasteiger charge is -2.34. The minimum Gasteiger partial charge on any atom is -0.355 e. The Kier molecular flexibility index (Phi) is 4.93. The van der Waals surface area contributed by atoms with Crippen LogP contribution in [0.2, 0.25) is 0 Å². The maximum atomic E-state index is 13.9. The van der Waals surface area contributed by atoms with Gasteiger partial charge in [0.1, 0.15) is 5.82 Å². The van der Waals surface area contributed by atoms with Crippen LogP contribution in [0, 0.1) is 5.82 Å². The van der Waals surface area contributed by atoms with Crippen molar-refractivity contribution in [2.45, 2.75) is 6.54 Å². The number of carbonyl (C=O) groups is 1. The molecule has 0 unspecified atom stereocenters. The van der Waals surface area contributed by atoms with E-state index in [1.54, 1.807) is 29.3 Å². The number of piperazine rings is 1. The van der Waals surface area contributed by atoms with E-state index < -0.39 is 5.82 Å². The summed E-state index contributed by atoms with van der Waals surface area (Å²) >= 11 is 0. The lowest BCUT2D eigenvalue weighted by atomic mass is 10.1. The quantitative estimate of drug-likeness (QED) is 0.711. The summed E-state index contributed by atoms with van der Waals surface area (Å²) < 4.78 is 19.1. The van der Waals surface area contributed by atoms with Crippen LogP contribution in [0.25, 0.3) is 11.3 Å². The Morgan fingerprint density at radius 1 is 1.07 bits per heavy atom. The molecule has 1 saturated heterocycles. The number of amides is 1. The Morgan fingerprint density at radius 3 is 2.59 bits per heavy atom. The second-order valence-electron chi connectivity index (χ2n) is 6.45. The highest BCUT2D eigenvalue weighted by atomic mass is 19.1. The molecule has 0 saturated carbocycles. The van der Waals surface area contributed by atoms with Crippen LogP contribution in [0.4, 0.5) is 4.39 Å². The molecule has 3 heterocycles. The first-order valence-corrected chi connectivity index (χ1v) is 8.84. The number of hydrogen-bond acceptors (Lipinski definition) is 5. The molecule has 1 aliphatic heterocycles. The van der Waals surface area contributed by atoms with Crippen LogP contribution in [0.15, 0.2) is 59.3 Å². The number of hydrogen-bond donors (Lipinski definition) is 0. The molecule has 0 atom stereocenters. The second-order valence-corrected chi connectivity index (χ2v) is 6.45. The van der Waals surface area contributed by atoms with Crippen molar-refractivity contribution in [2.75, 3.05) is 26.2 Å². The number of carbonyl (C=O) groups excluding carboxylic acids is 1. The molecule has 1 aliphatic rings. The lowest BCUT2D eigenvalue weighted by Crippen LogP contribution is -2.48. The highest BCUT2D eigenvalue weighted by molar-refractivity contribution is 5.93. The van der Waals surface area contributed by atoms with Gasteiger partial charge in [0.25, 0.3) is 5.91 Å². The summed E-state index contributed by atoms with van der Waals surface area (Å²) in [6, 6.07) is 13.6. The molecular formula is C20H19FN4O2. The van der Waals surface area contributed by atoms with E-state index in [9.17, 15) is 9.18 Å². The van der Waals surface area contributed by atoms with Gasteiger partial charge >= 0.3 is 0 Å². The van der Waals surface area contributed by atoms with Gasteiger partial charge in [-0.05, 0) is 24.3 Å². The van der Waals surface area contributed by atoms with Crippen LogP contribution in [0.5, 0.6) is 0 Å². The summed E-state index contributed by atoms with van der Waals surface area (Å²) in [5.41, 5.74) is 1.51. The summed E-state index contributed by atoms with van der Waals surface area (Å²) in [5, 5.41) is 3.84. The number of aromatic nitrogens is 2. The molecule has 0 spiro atoms. The minimum atomic E-state index is -0.407. The van der Waals surface area contributed by atoms with E-state index in [1.807, 2.05) is 18.2 Å². The van der Waals surface area contributed by atoms with Crippen LogP contribution >= 0.6 is 0 Å². The van der Waals surface area contributed by atoms with Crippen molar-refractivity contribution in [3.63, 3.8) is 0 Å². The summed E-state index contributed by atoms with van der Waals surface area (Å²) in [6.07, 6.45) is 1.78. The van der Waals surface area contributed by atoms with E-state index in [0.717, 1.165) is 25.3 Å². The van der Waals surface area contributed by atoms with Crippen LogP contribution in [0.1, 0.15) is 16.2 Å². The van der Waals surface area contributed by atoms with Gasteiger partial charge in [-0.3, -0.25) is 14.7 Å². The van der Waals surface area contributed by atoms with Crippen molar-refractivity contribution >= 4 is 5.91 Å². The van der Waals surface area contributed by atoms with E-state index in [4.69, 9.17) is 4.52 Å². The number of halogens is 1. The zero-order valence-electron chi connectivity index (χ0n) is 14.7. The van der Waals surface area contributed by atoms with E-state index in [0.29, 0.717) is 18.7 Å². The standard InChI is InChI=1S/C20H19FN4O2/c21-17-7-2-1-6-16(17)19-13-18(23-27-19)20(26)25-11-9-24(10-12-25)14-15-5-3-4-8-22-15/h1-8,13H,9-12,14H2. The topological polar surface area (TPSA) is 62.5 Å². The minimum absolute atomic E-state index is 0.196. The first kappa shape index (κ1) is 17.4. The third-order valence-corrected chi connectivity index (χ3v) is 4.64. The molecule has 3 aromatic rings. The Morgan fingerprint density at radius 2 is 1.85 bits per heavy atom. The van der Waals surface area contributed by atoms with Crippen LogP contribution in [-0.4, -0.2) is 52.0 Å². The molecule has 138 valence electrons. The predicted molar refractivity (Wildman–Crippen MR) is 97.3 cm³/mol. The van der Waals surface area contributed by atoms with Gasteiger partial charge in [0.05, 0.1) is 11.3 Å². The first-order valence-electron chi connectivity index (χ1n) is 8.84. The fraction of sp³-hybridized carbons (Fsp3) is 0.250. The average Bonchev–Trinajstić information content (AvgIpc) is 3.19. The Hall–Kier alpha value is -3.06. The molecule has 1 amide bonds. The average molecular weight is 366 g/mol. The molecule has 1 aromatic carbocycles. The largest absolute Gasteiger partial charge is 0.355 e. The third-order valence-electron chi connectivity index (χ3n) is 4.64. The molecular weight excluding hydrogens is 347 g/mol. The second kappa shape index (κ2) is 7.67. The van der Waals surface area contributed by atoms with Gasteiger partial charge in [0.2, 0.25) is 0 Å². The van der Waals surface area contributed by atoms with Gasteiger partial charge in [-0.15, -0.1) is 0 Å². The SMILES string of the molecule is O=C(c1cc(-c2ccccc2F)on1)N1CCN(Cc2ccccn2)CC1. The van der Waals surface area contributed by atoms with Gasteiger partial charge in [-0.25, -0.2) is 4.39 Å². The zero-order valence-corrected chi connectivity index (χ0v) is 14.7. The van der Waals surface area contributed by atoms with Gasteiger partial charge < -0.3 is 9.42 Å². The first-order chi connectivity index (χ1) is 13.2. The maximum Gasteiger partial charge on any atom is 0.276 e. The van der Waals surface area contributed by atoms with Crippen LogP contribution in [0.3, 0.4) is 0 Å². The van der Waals surface area contributed by atoms with Crippen molar-refractivity contribution in [1.82, 2.24) is 19.9 Å².